The summed E-state index contributed by atoms with van der Waals surface area (Å²) in [6, 6.07) is 7.01. The van der Waals surface area contributed by atoms with Gasteiger partial charge in [-0.3, -0.25) is 0 Å². The highest BCUT2D eigenvalue weighted by molar-refractivity contribution is 9.11. The third-order valence-electron chi connectivity index (χ3n) is 2.42. The van der Waals surface area contributed by atoms with Crippen molar-refractivity contribution in [2.75, 3.05) is 7.11 Å². The zero-order valence-electron chi connectivity index (χ0n) is 10.1. The lowest BCUT2D eigenvalue weighted by Crippen LogP contribution is -1.92. The van der Waals surface area contributed by atoms with E-state index in [4.69, 9.17) is 9.47 Å². The minimum atomic E-state index is -0.000584. The van der Waals surface area contributed by atoms with Gasteiger partial charge in [-0.05, 0) is 66.0 Å². The summed E-state index contributed by atoms with van der Waals surface area (Å²) in [4.78, 5) is 0. The van der Waals surface area contributed by atoms with Crippen molar-refractivity contribution >= 4 is 63.7 Å². The summed E-state index contributed by atoms with van der Waals surface area (Å²) < 4.78 is 13.9. The van der Waals surface area contributed by atoms with E-state index in [1.807, 2.05) is 12.1 Å². The van der Waals surface area contributed by atoms with Crippen molar-refractivity contribution in [3.05, 3.63) is 42.2 Å². The molecule has 106 valence electrons. The molecule has 0 saturated carbocycles. The molecular formula is C13H8Br4O3. The van der Waals surface area contributed by atoms with E-state index < -0.39 is 0 Å². The largest absolute Gasteiger partial charge is 0.504 e. The molecular weight excluding hydrogens is 524 g/mol. The summed E-state index contributed by atoms with van der Waals surface area (Å²) in [5.41, 5.74) is 0. The fourth-order valence-electron chi connectivity index (χ4n) is 1.52. The third-order valence-corrected chi connectivity index (χ3v) is 4.84. The van der Waals surface area contributed by atoms with Crippen molar-refractivity contribution in [1.29, 1.82) is 0 Å². The van der Waals surface area contributed by atoms with Crippen molar-refractivity contribution < 1.29 is 14.6 Å². The van der Waals surface area contributed by atoms with Gasteiger partial charge in [-0.15, -0.1) is 0 Å². The second-order valence-electron chi connectivity index (χ2n) is 3.73. The first-order valence-corrected chi connectivity index (χ1v) is 8.49. The summed E-state index contributed by atoms with van der Waals surface area (Å²) in [5, 5.41) is 10.0. The van der Waals surface area contributed by atoms with Crippen LogP contribution in [-0.4, -0.2) is 12.2 Å². The van der Waals surface area contributed by atoms with Crippen LogP contribution in [0.1, 0.15) is 0 Å². The molecule has 2 aromatic rings. The van der Waals surface area contributed by atoms with Gasteiger partial charge >= 0.3 is 0 Å². The van der Waals surface area contributed by atoms with Crippen molar-refractivity contribution in [2.45, 2.75) is 0 Å². The fourth-order valence-corrected chi connectivity index (χ4v) is 4.15. The topological polar surface area (TPSA) is 38.7 Å². The summed E-state index contributed by atoms with van der Waals surface area (Å²) >= 11 is 13.5. The van der Waals surface area contributed by atoms with Crippen LogP contribution in [-0.2, 0) is 0 Å². The number of methoxy groups -OCH3 is 1. The maximum Gasteiger partial charge on any atom is 0.187 e. The number of phenolic OH excluding ortho intramolecular Hbond substituents is 1. The lowest BCUT2D eigenvalue weighted by atomic mass is 10.3. The van der Waals surface area contributed by atoms with Gasteiger partial charge in [0.1, 0.15) is 10.2 Å². The Morgan fingerprint density at radius 1 is 0.950 bits per heavy atom. The number of rotatable bonds is 3. The van der Waals surface area contributed by atoms with E-state index >= 15 is 0 Å². The highest BCUT2D eigenvalue weighted by Crippen LogP contribution is 2.48. The summed E-state index contributed by atoms with van der Waals surface area (Å²) in [7, 11) is 1.54. The Labute approximate surface area is 149 Å². The number of hydrogen-bond donors (Lipinski definition) is 1. The van der Waals surface area contributed by atoms with Crippen LogP contribution in [0, 0.1) is 0 Å². The van der Waals surface area contributed by atoms with Crippen LogP contribution in [0.4, 0.5) is 0 Å². The number of aromatic hydroxyl groups is 1. The van der Waals surface area contributed by atoms with Gasteiger partial charge in [0.15, 0.2) is 17.2 Å². The van der Waals surface area contributed by atoms with Gasteiger partial charge in [0.2, 0.25) is 0 Å². The van der Waals surface area contributed by atoms with Crippen LogP contribution in [0.15, 0.2) is 42.2 Å². The van der Waals surface area contributed by atoms with Crippen LogP contribution in [0.2, 0.25) is 0 Å². The van der Waals surface area contributed by atoms with Gasteiger partial charge in [-0.1, -0.05) is 15.9 Å². The fraction of sp³-hybridized carbons (Fsp3) is 0.0769. The maximum absolute atomic E-state index is 10.0. The lowest BCUT2D eigenvalue weighted by Gasteiger charge is -2.14. The molecule has 0 unspecified atom stereocenters. The lowest BCUT2D eigenvalue weighted by molar-refractivity contribution is 0.384. The van der Waals surface area contributed by atoms with E-state index in [0.717, 1.165) is 8.95 Å². The molecule has 0 radical (unpaired) electrons. The molecule has 0 aliphatic heterocycles. The molecule has 0 aromatic heterocycles. The highest BCUT2D eigenvalue weighted by Gasteiger charge is 2.18. The monoisotopic (exact) mass is 528 g/mol. The molecule has 0 aliphatic carbocycles. The first-order valence-electron chi connectivity index (χ1n) is 5.32. The Bertz CT molecular complexity index is 659. The normalized spacial score (nSPS) is 10.4. The van der Waals surface area contributed by atoms with Crippen molar-refractivity contribution in [3.8, 4) is 23.0 Å². The van der Waals surface area contributed by atoms with Gasteiger partial charge < -0.3 is 14.6 Å². The Hall–Kier alpha value is -0.240. The molecule has 0 amide bonds. The number of halogens is 4. The van der Waals surface area contributed by atoms with Gasteiger partial charge in [-0.25, -0.2) is 0 Å². The summed E-state index contributed by atoms with van der Waals surface area (Å²) in [5.74, 6) is 1.41. The highest BCUT2D eigenvalue weighted by atomic mass is 79.9. The first-order chi connectivity index (χ1) is 9.43. The molecule has 0 heterocycles. The molecule has 0 atom stereocenters. The van der Waals surface area contributed by atoms with Crippen LogP contribution in [0.5, 0.6) is 23.0 Å². The van der Waals surface area contributed by atoms with Gasteiger partial charge in [0.05, 0.1) is 16.1 Å². The zero-order valence-corrected chi connectivity index (χ0v) is 16.4. The van der Waals surface area contributed by atoms with E-state index in [1.54, 1.807) is 13.2 Å². The molecule has 0 spiro atoms. The Kier molecular flexibility index (Phi) is 5.39. The SMILES string of the molecule is COc1c(Br)cc(O)c(Oc2ccc(Br)cc2Br)c1Br. The quantitative estimate of drug-likeness (QED) is 0.509. The van der Waals surface area contributed by atoms with Crippen molar-refractivity contribution in [3.63, 3.8) is 0 Å². The van der Waals surface area contributed by atoms with E-state index in [-0.39, 0.29) is 11.5 Å². The summed E-state index contributed by atoms with van der Waals surface area (Å²) in [6.07, 6.45) is 0. The van der Waals surface area contributed by atoms with E-state index in [9.17, 15) is 5.11 Å². The average Bonchev–Trinajstić information content (AvgIpc) is 2.37. The smallest absolute Gasteiger partial charge is 0.187 e. The van der Waals surface area contributed by atoms with Crippen LogP contribution in [0.3, 0.4) is 0 Å². The molecule has 7 heteroatoms. The third kappa shape index (κ3) is 3.32. The molecule has 3 nitrogen and oxygen atoms in total. The predicted octanol–water partition coefficient (Wildman–Crippen LogP) is 6.24. The van der Waals surface area contributed by atoms with Crippen molar-refractivity contribution in [2.24, 2.45) is 0 Å². The molecule has 2 rings (SSSR count). The van der Waals surface area contributed by atoms with Gasteiger partial charge in [-0.2, -0.15) is 0 Å². The maximum atomic E-state index is 10.0. The summed E-state index contributed by atoms with van der Waals surface area (Å²) in [6.45, 7) is 0. The van der Waals surface area contributed by atoms with Gasteiger partial charge in [0.25, 0.3) is 0 Å². The molecule has 0 aliphatic rings. The van der Waals surface area contributed by atoms with E-state index in [0.29, 0.717) is 20.4 Å². The van der Waals surface area contributed by atoms with Crippen LogP contribution >= 0.6 is 63.7 Å². The van der Waals surface area contributed by atoms with Crippen LogP contribution < -0.4 is 9.47 Å². The number of benzene rings is 2. The predicted molar refractivity (Wildman–Crippen MR) is 92.0 cm³/mol. The van der Waals surface area contributed by atoms with Gasteiger partial charge in [0, 0.05) is 10.5 Å². The average molecular weight is 532 g/mol. The van der Waals surface area contributed by atoms with Crippen LogP contribution in [0.25, 0.3) is 0 Å². The second-order valence-corrected chi connectivity index (χ2v) is 7.15. The zero-order chi connectivity index (χ0) is 14.9. The molecule has 0 saturated heterocycles. The Morgan fingerprint density at radius 3 is 2.25 bits per heavy atom. The number of phenols is 1. The molecule has 1 N–H and O–H groups in total. The van der Waals surface area contributed by atoms with Crippen molar-refractivity contribution in [1.82, 2.24) is 0 Å². The molecule has 0 fully saturated rings. The van der Waals surface area contributed by atoms with E-state index in [2.05, 4.69) is 63.7 Å². The molecule has 20 heavy (non-hydrogen) atoms. The minimum absolute atomic E-state index is 0.000584. The molecule has 2 aromatic carbocycles. The number of ether oxygens (including phenoxy) is 2. The Morgan fingerprint density at radius 2 is 1.65 bits per heavy atom. The first kappa shape index (κ1) is 16.1. The minimum Gasteiger partial charge on any atom is -0.504 e. The Balaban J connectivity index is 2.48. The second kappa shape index (κ2) is 6.68. The standard InChI is InChI=1S/C13H8Br4O3/c1-19-12-8(16)5-9(18)13(11(12)17)20-10-3-2-6(14)4-7(10)15/h2-5,18H,1H3. The van der Waals surface area contributed by atoms with E-state index in [1.165, 1.54) is 6.07 Å². The number of hydrogen-bond acceptors (Lipinski definition) is 3. The molecule has 0 bridgehead atoms.